The highest BCUT2D eigenvalue weighted by molar-refractivity contribution is 5.92. The van der Waals surface area contributed by atoms with Gasteiger partial charge in [-0.05, 0) is 43.7 Å². The van der Waals surface area contributed by atoms with Crippen LogP contribution >= 0.6 is 0 Å². The fourth-order valence-corrected chi connectivity index (χ4v) is 3.22. The predicted octanol–water partition coefficient (Wildman–Crippen LogP) is 2.22. The van der Waals surface area contributed by atoms with Gasteiger partial charge >= 0.3 is 5.69 Å². The van der Waals surface area contributed by atoms with Crippen molar-refractivity contribution in [3.05, 3.63) is 70.7 Å². The number of nitrogens with zero attached hydrogens (tertiary/aromatic N) is 5. The van der Waals surface area contributed by atoms with Gasteiger partial charge in [-0.15, -0.1) is 5.10 Å². The number of nitrogens with one attached hydrogen (secondary N) is 1. The maximum Gasteiger partial charge on any atom is 0.352 e. The molecule has 3 heterocycles. The van der Waals surface area contributed by atoms with Crippen LogP contribution < -0.4 is 15.7 Å². The third kappa shape index (κ3) is 3.64. The zero-order chi connectivity index (χ0) is 21.3. The first-order chi connectivity index (χ1) is 14.5. The molecule has 1 N–H and O–H groups in total. The van der Waals surface area contributed by atoms with E-state index in [1.807, 2.05) is 25.1 Å². The van der Waals surface area contributed by atoms with Crippen LogP contribution in [0.1, 0.15) is 11.4 Å². The lowest BCUT2D eigenvalue weighted by molar-refractivity contribution is -0.117. The molecule has 152 valence electrons. The lowest BCUT2D eigenvalue weighted by atomic mass is 10.2. The molecule has 0 unspecified atom stereocenters. The predicted molar refractivity (Wildman–Crippen MR) is 112 cm³/mol. The van der Waals surface area contributed by atoms with Gasteiger partial charge < -0.3 is 10.1 Å². The third-order valence-corrected chi connectivity index (χ3v) is 4.63. The Bertz CT molecular complexity index is 1290. The Labute approximate surface area is 172 Å². The Morgan fingerprint density at radius 2 is 1.90 bits per heavy atom. The summed E-state index contributed by atoms with van der Waals surface area (Å²) >= 11 is 0. The van der Waals surface area contributed by atoms with Crippen LogP contribution in [0, 0.1) is 13.8 Å². The quantitative estimate of drug-likeness (QED) is 0.547. The number of benzene rings is 1. The molecule has 0 radical (unpaired) electrons. The number of aromatic nitrogens is 5. The van der Waals surface area contributed by atoms with Crippen LogP contribution in [0.15, 0.2) is 53.6 Å². The normalized spacial score (nSPS) is 10.9. The Balaban J connectivity index is 1.64. The van der Waals surface area contributed by atoms with Gasteiger partial charge in [-0.25, -0.2) is 18.9 Å². The van der Waals surface area contributed by atoms with E-state index in [1.165, 1.54) is 11.5 Å². The van der Waals surface area contributed by atoms with Gasteiger partial charge in [-0.1, -0.05) is 6.07 Å². The van der Waals surface area contributed by atoms with Crippen molar-refractivity contribution >= 4 is 17.2 Å². The fourth-order valence-electron chi connectivity index (χ4n) is 3.22. The molecule has 0 aliphatic carbocycles. The molecule has 0 fully saturated rings. The summed E-state index contributed by atoms with van der Waals surface area (Å²) in [6.45, 7) is 3.41. The van der Waals surface area contributed by atoms with Crippen molar-refractivity contribution in [3.8, 4) is 17.0 Å². The molecule has 9 nitrogen and oxygen atoms in total. The number of carbonyl (C=O) groups is 1. The van der Waals surface area contributed by atoms with Gasteiger partial charge in [0, 0.05) is 24.0 Å². The van der Waals surface area contributed by atoms with Crippen molar-refractivity contribution in [2.75, 3.05) is 12.4 Å². The summed E-state index contributed by atoms with van der Waals surface area (Å²) in [5, 5.41) is 7.10. The Hall–Kier alpha value is -4.01. The molecule has 0 saturated carbocycles. The van der Waals surface area contributed by atoms with Crippen molar-refractivity contribution in [2.45, 2.75) is 20.4 Å². The number of hydrogen-bond donors (Lipinski definition) is 1. The highest BCUT2D eigenvalue weighted by Crippen LogP contribution is 2.25. The van der Waals surface area contributed by atoms with Crippen molar-refractivity contribution in [3.63, 3.8) is 0 Å². The van der Waals surface area contributed by atoms with Crippen molar-refractivity contribution in [2.24, 2.45) is 0 Å². The van der Waals surface area contributed by atoms with Gasteiger partial charge in [0.1, 0.15) is 18.1 Å². The van der Waals surface area contributed by atoms with Gasteiger partial charge in [0.15, 0.2) is 5.65 Å². The summed E-state index contributed by atoms with van der Waals surface area (Å²) < 4.78 is 7.78. The molecule has 9 heteroatoms. The molecular weight excluding hydrogens is 384 g/mol. The van der Waals surface area contributed by atoms with Gasteiger partial charge in [-0.2, -0.15) is 0 Å². The van der Waals surface area contributed by atoms with Crippen LogP contribution in [-0.2, 0) is 11.3 Å². The molecule has 3 aromatic heterocycles. The van der Waals surface area contributed by atoms with E-state index in [9.17, 15) is 9.59 Å². The van der Waals surface area contributed by atoms with Crippen LogP contribution in [0.2, 0.25) is 0 Å². The molecule has 0 atom stereocenters. The highest BCUT2D eigenvalue weighted by Gasteiger charge is 2.16. The van der Waals surface area contributed by atoms with Gasteiger partial charge in [-0.3, -0.25) is 9.78 Å². The van der Waals surface area contributed by atoms with Crippen LogP contribution in [0.25, 0.3) is 16.9 Å². The van der Waals surface area contributed by atoms with E-state index in [4.69, 9.17) is 4.74 Å². The first-order valence-electron chi connectivity index (χ1n) is 9.28. The summed E-state index contributed by atoms with van der Waals surface area (Å²) in [6.07, 6.45) is 3.34. The number of rotatable bonds is 5. The Morgan fingerprint density at radius 3 is 2.63 bits per heavy atom. The minimum atomic E-state index is -0.428. The summed E-state index contributed by atoms with van der Waals surface area (Å²) in [6, 6.07) is 10.8. The molecular formula is C21H20N6O3. The lowest BCUT2D eigenvalue weighted by Gasteiger charge is -2.10. The summed E-state index contributed by atoms with van der Waals surface area (Å²) in [5.74, 6) is 0.638. The smallest absolute Gasteiger partial charge is 0.352 e. The van der Waals surface area contributed by atoms with E-state index >= 15 is 0 Å². The van der Waals surface area contributed by atoms with Crippen molar-refractivity contribution < 1.29 is 9.53 Å². The summed E-state index contributed by atoms with van der Waals surface area (Å²) in [7, 11) is 1.53. The first kappa shape index (κ1) is 19.3. The second-order valence-corrected chi connectivity index (χ2v) is 6.81. The number of fused-ring (bicyclic) bond motifs is 1. The standard InChI is InChI=1S/C21H20N6O3/c1-13-4-5-18(30-3)17(10-13)24-20(28)12-26-21(29)27-14(2)23-16(11-19(27)25-26)15-6-8-22-9-7-15/h4-11H,12H2,1-3H3,(H,24,28). The number of ether oxygens (including phenoxy) is 1. The monoisotopic (exact) mass is 404 g/mol. The zero-order valence-corrected chi connectivity index (χ0v) is 16.8. The molecule has 4 aromatic rings. The maximum absolute atomic E-state index is 12.8. The molecule has 30 heavy (non-hydrogen) atoms. The second kappa shape index (κ2) is 7.78. The SMILES string of the molecule is COc1ccc(C)cc1NC(=O)Cn1nc2cc(-c3ccncc3)nc(C)n2c1=O. The van der Waals surface area contributed by atoms with Crippen LogP contribution in [0.5, 0.6) is 5.75 Å². The van der Waals surface area contributed by atoms with E-state index in [1.54, 1.807) is 37.5 Å². The minimum Gasteiger partial charge on any atom is -0.495 e. The number of pyridine rings is 1. The van der Waals surface area contributed by atoms with E-state index in [2.05, 4.69) is 20.4 Å². The molecule has 0 aliphatic heterocycles. The second-order valence-electron chi connectivity index (χ2n) is 6.81. The topological polar surface area (TPSA) is 103 Å². The van der Waals surface area contributed by atoms with Gasteiger partial charge in [0.25, 0.3) is 0 Å². The molecule has 0 spiro atoms. The molecule has 0 aliphatic rings. The summed E-state index contributed by atoms with van der Waals surface area (Å²) in [4.78, 5) is 33.8. The third-order valence-electron chi connectivity index (χ3n) is 4.63. The number of anilines is 1. The van der Waals surface area contributed by atoms with Gasteiger partial charge in [0.05, 0.1) is 18.5 Å². The Morgan fingerprint density at radius 1 is 1.13 bits per heavy atom. The zero-order valence-electron chi connectivity index (χ0n) is 16.8. The molecule has 0 saturated heterocycles. The number of amides is 1. The highest BCUT2D eigenvalue weighted by atomic mass is 16.5. The van der Waals surface area contributed by atoms with Gasteiger partial charge in [0.2, 0.25) is 5.91 Å². The lowest BCUT2D eigenvalue weighted by Crippen LogP contribution is -2.29. The number of aryl methyl sites for hydroxylation is 2. The van der Waals surface area contributed by atoms with E-state index in [-0.39, 0.29) is 12.5 Å². The van der Waals surface area contributed by atoms with Crippen molar-refractivity contribution in [1.29, 1.82) is 0 Å². The molecule has 4 rings (SSSR count). The number of methoxy groups -OCH3 is 1. The average Bonchev–Trinajstić information content (AvgIpc) is 3.04. The average molecular weight is 404 g/mol. The molecule has 1 aromatic carbocycles. The first-order valence-corrected chi connectivity index (χ1v) is 9.28. The summed E-state index contributed by atoms with van der Waals surface area (Å²) in [5.41, 5.74) is 3.04. The fraction of sp³-hybridized carbons (Fsp3) is 0.190. The largest absolute Gasteiger partial charge is 0.495 e. The Kier molecular flexibility index (Phi) is 5.01. The van der Waals surface area contributed by atoms with Crippen LogP contribution in [0.3, 0.4) is 0 Å². The van der Waals surface area contributed by atoms with Crippen molar-refractivity contribution in [1.82, 2.24) is 24.1 Å². The minimum absolute atomic E-state index is 0.234. The number of hydrogen-bond acceptors (Lipinski definition) is 6. The van der Waals surface area contributed by atoms with Crippen LogP contribution in [0.4, 0.5) is 5.69 Å². The maximum atomic E-state index is 12.8. The van der Waals surface area contributed by atoms with E-state index < -0.39 is 5.69 Å². The molecule has 1 amide bonds. The number of carbonyl (C=O) groups excluding carboxylic acids is 1. The molecule has 0 bridgehead atoms. The van der Waals surface area contributed by atoms with E-state index in [0.29, 0.717) is 28.6 Å². The van der Waals surface area contributed by atoms with E-state index in [0.717, 1.165) is 15.8 Å². The van der Waals surface area contributed by atoms with Crippen LogP contribution in [-0.4, -0.2) is 37.2 Å².